The van der Waals surface area contributed by atoms with Gasteiger partial charge in [-0.25, -0.2) is 14.6 Å². The van der Waals surface area contributed by atoms with Crippen LogP contribution in [0.5, 0.6) is 0 Å². The van der Waals surface area contributed by atoms with E-state index in [-0.39, 0.29) is 29.3 Å². The molecule has 0 bridgehead atoms. The number of halogens is 1. The second-order valence-electron chi connectivity index (χ2n) is 5.64. The summed E-state index contributed by atoms with van der Waals surface area (Å²) < 4.78 is 1.94. The summed E-state index contributed by atoms with van der Waals surface area (Å²) in [7, 11) is 1.50. The van der Waals surface area contributed by atoms with Crippen molar-refractivity contribution in [1.82, 2.24) is 25.1 Å². The molecule has 0 saturated heterocycles. The van der Waals surface area contributed by atoms with Gasteiger partial charge in [-0.15, -0.1) is 0 Å². The van der Waals surface area contributed by atoms with Crippen molar-refractivity contribution in [2.75, 3.05) is 7.05 Å². The van der Waals surface area contributed by atoms with Gasteiger partial charge in [0.1, 0.15) is 17.0 Å². The van der Waals surface area contributed by atoms with Crippen molar-refractivity contribution in [2.45, 2.75) is 6.42 Å². The van der Waals surface area contributed by atoms with Gasteiger partial charge >= 0.3 is 0 Å². The smallest absolute Gasteiger partial charge is 0.271 e. The molecule has 0 aliphatic carbocycles. The Balaban J connectivity index is 1.86. The number of carbonyl (C=O) groups excluding carboxylic acids is 1. The summed E-state index contributed by atoms with van der Waals surface area (Å²) in [4.78, 5) is 20.3. The molecule has 8 nitrogen and oxygen atoms in total. The van der Waals surface area contributed by atoms with Gasteiger partial charge in [0.2, 0.25) is 0 Å². The molecule has 0 unspecified atom stereocenters. The first-order valence-corrected chi connectivity index (χ1v) is 8.79. The summed E-state index contributed by atoms with van der Waals surface area (Å²) in [6.45, 7) is 0. The van der Waals surface area contributed by atoms with Gasteiger partial charge in [0.05, 0.1) is 4.47 Å². The molecule has 0 aliphatic rings. The quantitative estimate of drug-likeness (QED) is 0.437. The van der Waals surface area contributed by atoms with Gasteiger partial charge in [0.15, 0.2) is 5.82 Å². The number of hydrogen-bond donors (Lipinski definition) is 3. The molecule has 0 saturated carbocycles. The molecule has 0 atom stereocenters. The fourth-order valence-electron chi connectivity index (χ4n) is 2.43. The van der Waals surface area contributed by atoms with E-state index in [0.717, 1.165) is 20.3 Å². The lowest BCUT2D eigenvalue weighted by Gasteiger charge is -2.10. The van der Waals surface area contributed by atoms with Crippen molar-refractivity contribution in [1.29, 1.82) is 10.8 Å². The minimum Gasteiger partial charge on any atom is -0.354 e. The van der Waals surface area contributed by atoms with Crippen LogP contribution in [0.2, 0.25) is 0 Å². The number of hydrogen-bond acceptors (Lipinski definition) is 6. The average molecular weight is 426 g/mol. The van der Waals surface area contributed by atoms with Crippen LogP contribution in [0.3, 0.4) is 0 Å². The van der Waals surface area contributed by atoms with E-state index < -0.39 is 0 Å². The van der Waals surface area contributed by atoms with Crippen LogP contribution >= 0.6 is 15.9 Å². The summed E-state index contributed by atoms with van der Waals surface area (Å²) in [6, 6.07) is 10.4. The second kappa shape index (κ2) is 8.00. The van der Waals surface area contributed by atoms with Crippen LogP contribution in [0.4, 0.5) is 0 Å². The minimum atomic E-state index is -0.370. The van der Waals surface area contributed by atoms with Gasteiger partial charge < -0.3 is 5.32 Å². The lowest BCUT2D eigenvalue weighted by molar-refractivity contribution is 0.0956. The molecule has 3 aromatic rings. The average Bonchev–Trinajstić information content (AvgIpc) is 2.68. The molecule has 0 radical (unpaired) electrons. The zero-order valence-electron chi connectivity index (χ0n) is 14.4. The number of benzene rings is 1. The predicted octanol–water partition coefficient (Wildman–Crippen LogP) is 2.01. The van der Waals surface area contributed by atoms with Crippen molar-refractivity contribution in [3.05, 3.63) is 70.0 Å². The highest BCUT2D eigenvalue weighted by molar-refractivity contribution is 9.10. The molecule has 0 aliphatic heterocycles. The number of carbonyl (C=O) groups is 1. The predicted molar refractivity (Wildman–Crippen MR) is 103 cm³/mol. The van der Waals surface area contributed by atoms with Gasteiger partial charge in [0, 0.05) is 31.4 Å². The molecule has 136 valence electrons. The van der Waals surface area contributed by atoms with E-state index in [1.807, 2.05) is 24.3 Å². The fourth-order valence-corrected chi connectivity index (χ4v) is 2.63. The van der Waals surface area contributed by atoms with Crippen LogP contribution in [0, 0.1) is 10.8 Å². The van der Waals surface area contributed by atoms with Crippen LogP contribution in [-0.2, 0) is 6.42 Å². The first kappa shape index (κ1) is 18.6. The second-order valence-corrected chi connectivity index (χ2v) is 6.56. The van der Waals surface area contributed by atoms with Gasteiger partial charge in [-0.1, -0.05) is 18.2 Å². The van der Waals surface area contributed by atoms with E-state index >= 15 is 0 Å². The number of nitrogens with zero attached hydrogens (tertiary/aromatic N) is 4. The number of aromatic nitrogens is 4. The maximum absolute atomic E-state index is 11.7. The first-order valence-electron chi connectivity index (χ1n) is 7.99. The summed E-state index contributed by atoms with van der Waals surface area (Å²) in [5.74, 6) is 0.297. The Labute approximate surface area is 163 Å². The number of nitrogens with one attached hydrogen (secondary N) is 3. The third-order valence-corrected chi connectivity index (χ3v) is 4.14. The maximum atomic E-state index is 11.7. The molecule has 1 amide bonds. The van der Waals surface area contributed by atoms with Crippen molar-refractivity contribution in [3.8, 4) is 11.4 Å². The third-order valence-electron chi connectivity index (χ3n) is 3.73. The van der Waals surface area contributed by atoms with E-state index in [1.165, 1.54) is 19.2 Å². The summed E-state index contributed by atoms with van der Waals surface area (Å²) in [5.41, 5.74) is 1.86. The lowest BCUT2D eigenvalue weighted by Crippen LogP contribution is -2.33. The number of rotatable bonds is 4. The lowest BCUT2D eigenvalue weighted by atomic mass is 10.1. The molecule has 2 aromatic heterocycles. The molecule has 9 heteroatoms. The Morgan fingerprint density at radius 3 is 2.67 bits per heavy atom. The zero-order chi connectivity index (χ0) is 19.4. The highest BCUT2D eigenvalue weighted by Gasteiger charge is 2.11. The van der Waals surface area contributed by atoms with E-state index in [9.17, 15) is 4.79 Å². The van der Waals surface area contributed by atoms with Gasteiger partial charge in [-0.05, 0) is 39.7 Å². The molecule has 1 aromatic carbocycles. The highest BCUT2D eigenvalue weighted by Crippen LogP contribution is 2.18. The standard InChI is InChI=1S/C18H16BrN7O/c1-22-18(27)14-5-6-15(20)26(25-14)16(21)8-11-3-2-4-12(7-11)17-23-9-13(19)10-24-17/h2-7,9-10,20-21H,8H2,1H3,(H,22,27). The van der Waals surface area contributed by atoms with Crippen LogP contribution < -0.4 is 10.8 Å². The van der Waals surface area contributed by atoms with Crippen LogP contribution in [0.25, 0.3) is 11.4 Å². The van der Waals surface area contributed by atoms with Crippen LogP contribution in [0.1, 0.15) is 16.1 Å². The van der Waals surface area contributed by atoms with Crippen LogP contribution in [-0.4, -0.2) is 38.5 Å². The Hall–Kier alpha value is -3.20. The summed E-state index contributed by atoms with van der Waals surface area (Å²) in [5, 5.41) is 22.9. The van der Waals surface area contributed by atoms with E-state index in [4.69, 9.17) is 10.8 Å². The summed E-state index contributed by atoms with van der Waals surface area (Å²) >= 11 is 3.31. The zero-order valence-corrected chi connectivity index (χ0v) is 16.0. The minimum absolute atomic E-state index is 0.0278. The molecule has 2 heterocycles. The molecule has 0 fully saturated rings. The fraction of sp³-hybridized carbons (Fsp3) is 0.111. The molecule has 0 spiro atoms. The van der Waals surface area contributed by atoms with Gasteiger partial charge in [-0.3, -0.25) is 15.6 Å². The van der Waals surface area contributed by atoms with E-state index in [1.54, 1.807) is 12.4 Å². The molecule has 3 N–H and O–H groups in total. The molecule has 27 heavy (non-hydrogen) atoms. The Bertz CT molecular complexity index is 1060. The molecular weight excluding hydrogens is 410 g/mol. The molecule has 3 rings (SSSR count). The maximum Gasteiger partial charge on any atom is 0.271 e. The summed E-state index contributed by atoms with van der Waals surface area (Å²) in [6.07, 6.45) is 3.59. The largest absolute Gasteiger partial charge is 0.354 e. The number of amides is 1. The Kier molecular flexibility index (Phi) is 5.51. The van der Waals surface area contributed by atoms with Gasteiger partial charge in [0.25, 0.3) is 5.91 Å². The Morgan fingerprint density at radius 1 is 1.22 bits per heavy atom. The molecular formula is C18H16BrN7O. The van der Waals surface area contributed by atoms with Crippen molar-refractivity contribution < 1.29 is 4.79 Å². The Morgan fingerprint density at radius 2 is 1.96 bits per heavy atom. The third kappa shape index (κ3) is 4.32. The SMILES string of the molecule is CNC(=O)c1ccc(=N)n(C(=N)Cc2cccc(-c3ncc(Br)cn3)c2)n1. The topological polar surface area (TPSA) is 120 Å². The van der Waals surface area contributed by atoms with Crippen molar-refractivity contribution in [3.63, 3.8) is 0 Å². The van der Waals surface area contributed by atoms with Crippen molar-refractivity contribution in [2.24, 2.45) is 0 Å². The van der Waals surface area contributed by atoms with Crippen LogP contribution in [0.15, 0.2) is 53.3 Å². The monoisotopic (exact) mass is 425 g/mol. The van der Waals surface area contributed by atoms with Crippen molar-refractivity contribution >= 4 is 27.7 Å². The van der Waals surface area contributed by atoms with Gasteiger partial charge in [-0.2, -0.15) is 5.10 Å². The highest BCUT2D eigenvalue weighted by atomic mass is 79.9. The normalized spacial score (nSPS) is 10.4. The first-order chi connectivity index (χ1) is 13.0. The van der Waals surface area contributed by atoms with E-state index in [0.29, 0.717) is 5.82 Å². The van der Waals surface area contributed by atoms with E-state index in [2.05, 4.69) is 36.3 Å².